The Bertz CT molecular complexity index is 442. The largest absolute Gasteiger partial charge is 0.241 e. The van der Waals surface area contributed by atoms with Crippen LogP contribution in [0.25, 0.3) is 10.4 Å². The Morgan fingerprint density at radius 3 is 3.21 bits per heavy atom. The van der Waals surface area contributed by atoms with E-state index in [0.717, 1.165) is 0 Å². The maximum absolute atomic E-state index is 13.1. The molecule has 70 valence electrons. The van der Waals surface area contributed by atoms with Crippen molar-refractivity contribution in [3.63, 3.8) is 0 Å². The summed E-state index contributed by atoms with van der Waals surface area (Å²) < 4.78 is 13.1. The van der Waals surface area contributed by atoms with Crippen LogP contribution >= 0.6 is 11.6 Å². The van der Waals surface area contributed by atoms with E-state index in [4.69, 9.17) is 17.1 Å². The molecule has 0 amide bonds. The second-order valence-electron chi connectivity index (χ2n) is 2.15. The summed E-state index contributed by atoms with van der Waals surface area (Å²) in [6.07, 6.45) is 1.35. The molecule has 0 spiro atoms. The van der Waals surface area contributed by atoms with E-state index in [9.17, 15) is 4.39 Å². The maximum Gasteiger partial charge on any atom is 0.176 e. The Kier molecular flexibility index (Phi) is 3.74. The summed E-state index contributed by atoms with van der Waals surface area (Å²) in [7, 11) is 0. The first kappa shape index (κ1) is 10.3. The highest BCUT2D eigenvalue weighted by molar-refractivity contribution is 6.29. The molecule has 0 saturated carbocycles. The van der Waals surface area contributed by atoms with Gasteiger partial charge in [-0.15, -0.1) is 0 Å². The van der Waals surface area contributed by atoms with E-state index >= 15 is 0 Å². The summed E-state index contributed by atoms with van der Waals surface area (Å²) in [6.45, 7) is -0.00409. The number of aromatic nitrogens is 1. The molecule has 1 aromatic rings. The number of azide groups is 1. The third kappa shape index (κ3) is 2.63. The minimum absolute atomic E-state index is 0.00409. The van der Waals surface area contributed by atoms with Gasteiger partial charge in [-0.05, 0) is 11.6 Å². The highest BCUT2D eigenvalue weighted by Gasteiger charge is 2.03. The Morgan fingerprint density at radius 1 is 1.71 bits per heavy atom. The average molecular weight is 211 g/mol. The van der Waals surface area contributed by atoms with Crippen LogP contribution in [0.3, 0.4) is 0 Å². The monoisotopic (exact) mass is 210 g/mol. The first-order valence-corrected chi connectivity index (χ1v) is 3.93. The van der Waals surface area contributed by atoms with Crippen molar-refractivity contribution < 1.29 is 4.39 Å². The minimum atomic E-state index is -0.664. The number of nitrogens with zero attached hydrogens (tertiary/aromatic N) is 4. The van der Waals surface area contributed by atoms with E-state index in [0.29, 0.717) is 0 Å². The Hall–Kier alpha value is -1.76. The van der Waals surface area contributed by atoms with Gasteiger partial charge in [-0.2, -0.15) is 0 Å². The maximum atomic E-state index is 13.1. The van der Waals surface area contributed by atoms with Crippen molar-refractivity contribution in [2.45, 2.75) is 0 Å². The van der Waals surface area contributed by atoms with Crippen molar-refractivity contribution >= 4 is 11.6 Å². The average Bonchev–Trinajstić information content (AvgIpc) is 2.19. The normalized spacial score (nSPS) is 8.43. The molecule has 0 N–H and O–H groups in total. The molecular weight excluding hydrogens is 207 g/mol. The lowest BCUT2D eigenvalue weighted by molar-refractivity contribution is 0.618. The van der Waals surface area contributed by atoms with Crippen LogP contribution in [0.15, 0.2) is 17.4 Å². The Labute approximate surface area is 84.3 Å². The standard InChI is InChI=1S/C8H4ClFN4/c9-8-7(10)6(3-5-12-8)2-1-4-13-14-11/h3,5H,4H2. The van der Waals surface area contributed by atoms with Gasteiger partial charge in [0.1, 0.15) is 0 Å². The van der Waals surface area contributed by atoms with Crippen LogP contribution in [-0.4, -0.2) is 11.5 Å². The van der Waals surface area contributed by atoms with Gasteiger partial charge >= 0.3 is 0 Å². The van der Waals surface area contributed by atoms with Gasteiger partial charge in [0.15, 0.2) is 11.0 Å². The summed E-state index contributed by atoms with van der Waals surface area (Å²) >= 11 is 5.42. The molecule has 0 bridgehead atoms. The van der Waals surface area contributed by atoms with Crippen molar-refractivity contribution in [3.8, 4) is 11.8 Å². The van der Waals surface area contributed by atoms with E-state index in [-0.39, 0.29) is 17.3 Å². The molecule has 4 nitrogen and oxygen atoms in total. The summed E-state index contributed by atoms with van der Waals surface area (Å²) in [5.41, 5.74) is 8.08. The van der Waals surface area contributed by atoms with Crippen LogP contribution < -0.4 is 0 Å². The highest BCUT2D eigenvalue weighted by Crippen LogP contribution is 2.13. The molecule has 1 heterocycles. The molecular formula is C8H4ClFN4. The van der Waals surface area contributed by atoms with Crippen molar-refractivity contribution in [1.29, 1.82) is 0 Å². The van der Waals surface area contributed by atoms with Gasteiger partial charge in [0.25, 0.3) is 0 Å². The van der Waals surface area contributed by atoms with E-state index in [1.54, 1.807) is 0 Å². The van der Waals surface area contributed by atoms with E-state index in [1.807, 2.05) is 0 Å². The fourth-order valence-corrected chi connectivity index (χ4v) is 0.875. The lowest BCUT2D eigenvalue weighted by Gasteiger charge is -1.94. The fraction of sp³-hybridized carbons (Fsp3) is 0.125. The number of pyridine rings is 1. The summed E-state index contributed by atoms with van der Waals surface area (Å²) in [4.78, 5) is 6.02. The summed E-state index contributed by atoms with van der Waals surface area (Å²) in [5, 5.41) is 2.95. The zero-order valence-electron chi connectivity index (χ0n) is 6.91. The molecule has 0 fully saturated rings. The second kappa shape index (κ2) is 5.07. The second-order valence-corrected chi connectivity index (χ2v) is 2.51. The van der Waals surface area contributed by atoms with E-state index in [2.05, 4.69) is 26.9 Å². The van der Waals surface area contributed by atoms with Crippen molar-refractivity contribution in [2.24, 2.45) is 5.11 Å². The Balaban J connectivity index is 2.89. The molecule has 0 radical (unpaired) electrons. The molecule has 0 aromatic carbocycles. The summed E-state index contributed by atoms with van der Waals surface area (Å²) in [6, 6.07) is 1.39. The molecule has 0 saturated heterocycles. The fourth-order valence-electron chi connectivity index (χ4n) is 0.716. The molecule has 14 heavy (non-hydrogen) atoms. The molecule has 0 aliphatic heterocycles. The van der Waals surface area contributed by atoms with Gasteiger partial charge in [0.05, 0.1) is 12.1 Å². The van der Waals surface area contributed by atoms with Gasteiger partial charge in [0, 0.05) is 11.1 Å². The van der Waals surface area contributed by atoms with E-state index in [1.165, 1.54) is 12.3 Å². The summed E-state index contributed by atoms with van der Waals surface area (Å²) in [5.74, 6) is 4.28. The number of hydrogen-bond acceptors (Lipinski definition) is 2. The quantitative estimate of drug-likeness (QED) is 0.231. The van der Waals surface area contributed by atoms with Gasteiger partial charge < -0.3 is 0 Å². The van der Waals surface area contributed by atoms with Crippen LogP contribution in [0, 0.1) is 17.7 Å². The number of hydrogen-bond donors (Lipinski definition) is 0. The molecule has 6 heteroatoms. The number of halogens is 2. The highest BCUT2D eigenvalue weighted by atomic mass is 35.5. The van der Waals surface area contributed by atoms with Gasteiger partial charge in [-0.25, -0.2) is 9.37 Å². The van der Waals surface area contributed by atoms with Gasteiger partial charge in [-0.3, -0.25) is 0 Å². The molecule has 1 aromatic heterocycles. The molecule has 1 rings (SSSR count). The smallest absolute Gasteiger partial charge is 0.176 e. The zero-order valence-corrected chi connectivity index (χ0v) is 7.66. The lowest BCUT2D eigenvalue weighted by Crippen LogP contribution is -1.87. The molecule has 0 aliphatic carbocycles. The third-order valence-electron chi connectivity index (χ3n) is 1.28. The predicted molar refractivity (Wildman–Crippen MR) is 50.1 cm³/mol. The first-order chi connectivity index (χ1) is 6.75. The van der Waals surface area contributed by atoms with E-state index < -0.39 is 5.82 Å². The molecule has 0 aliphatic rings. The van der Waals surface area contributed by atoms with Crippen molar-refractivity contribution in [3.05, 3.63) is 39.2 Å². The molecule has 0 atom stereocenters. The van der Waals surface area contributed by atoms with Crippen molar-refractivity contribution in [2.75, 3.05) is 6.54 Å². The predicted octanol–water partition coefficient (Wildman–Crippen LogP) is 2.54. The first-order valence-electron chi connectivity index (χ1n) is 3.55. The number of rotatable bonds is 1. The van der Waals surface area contributed by atoms with Crippen LogP contribution in [0.5, 0.6) is 0 Å². The molecule has 0 unspecified atom stereocenters. The topological polar surface area (TPSA) is 61.7 Å². The van der Waals surface area contributed by atoms with Gasteiger partial charge in [-0.1, -0.05) is 28.6 Å². The van der Waals surface area contributed by atoms with Crippen LogP contribution in [0.1, 0.15) is 5.56 Å². The lowest BCUT2D eigenvalue weighted by atomic mass is 10.2. The Morgan fingerprint density at radius 2 is 2.50 bits per heavy atom. The SMILES string of the molecule is [N-]=[N+]=NCC#Cc1ccnc(Cl)c1F. The third-order valence-corrected chi connectivity index (χ3v) is 1.55. The zero-order chi connectivity index (χ0) is 10.4. The van der Waals surface area contributed by atoms with Crippen LogP contribution in [0.4, 0.5) is 4.39 Å². The van der Waals surface area contributed by atoms with Crippen molar-refractivity contribution in [1.82, 2.24) is 4.98 Å². The van der Waals surface area contributed by atoms with Crippen LogP contribution in [0.2, 0.25) is 5.15 Å². The van der Waals surface area contributed by atoms with Crippen LogP contribution in [-0.2, 0) is 0 Å². The van der Waals surface area contributed by atoms with Gasteiger partial charge in [0.2, 0.25) is 0 Å². The minimum Gasteiger partial charge on any atom is -0.241 e.